The monoisotopic (exact) mass is 499 g/mol. The van der Waals surface area contributed by atoms with Crippen LogP contribution in [0.1, 0.15) is 41.5 Å². The fraction of sp³-hybridized carbons (Fsp3) is 0.409. The average molecular weight is 500 g/mol. The molecule has 0 atom stereocenters. The number of ether oxygens (including phenoxy) is 1. The van der Waals surface area contributed by atoms with Crippen molar-refractivity contribution in [2.45, 2.75) is 56.2 Å². The minimum absolute atomic E-state index is 0.0123. The summed E-state index contributed by atoms with van der Waals surface area (Å²) < 4.78 is 57.8. The summed E-state index contributed by atoms with van der Waals surface area (Å²) >= 11 is 6.13. The normalized spacial score (nSPS) is 15.1. The minimum Gasteiger partial charge on any atom is -0.494 e. The lowest BCUT2D eigenvalue weighted by molar-refractivity contribution is -0.119. The molecule has 2 aromatic carbocycles. The van der Waals surface area contributed by atoms with Crippen molar-refractivity contribution < 1.29 is 26.4 Å². The van der Waals surface area contributed by atoms with Crippen LogP contribution >= 0.6 is 11.6 Å². The summed E-state index contributed by atoms with van der Waals surface area (Å²) in [6.07, 6.45) is 1.33. The highest BCUT2D eigenvalue weighted by Crippen LogP contribution is 2.30. The van der Waals surface area contributed by atoms with Gasteiger partial charge in [-0.1, -0.05) is 17.7 Å². The molecule has 1 aliphatic heterocycles. The van der Waals surface area contributed by atoms with Crippen LogP contribution in [0.4, 0.5) is 0 Å². The summed E-state index contributed by atoms with van der Waals surface area (Å²) in [6.45, 7) is 5.55. The Balaban J connectivity index is 1.63. The van der Waals surface area contributed by atoms with E-state index in [2.05, 4.69) is 0 Å². The van der Waals surface area contributed by atoms with E-state index in [1.54, 1.807) is 25.1 Å². The van der Waals surface area contributed by atoms with Gasteiger partial charge in [-0.15, -0.1) is 0 Å². The Morgan fingerprint density at radius 1 is 1.09 bits per heavy atom. The Kier molecular flexibility index (Phi) is 7.21. The number of hydrogen-bond donors (Lipinski definition) is 1. The molecule has 0 bridgehead atoms. The van der Waals surface area contributed by atoms with Gasteiger partial charge in [0.1, 0.15) is 5.75 Å². The van der Waals surface area contributed by atoms with Gasteiger partial charge in [0, 0.05) is 11.4 Å². The van der Waals surface area contributed by atoms with Gasteiger partial charge in [0.25, 0.3) is 10.0 Å². The smallest absolute Gasteiger partial charge is 0.264 e. The maximum Gasteiger partial charge on any atom is 0.264 e. The Morgan fingerprint density at radius 3 is 2.41 bits per heavy atom. The van der Waals surface area contributed by atoms with Crippen LogP contribution in [0.15, 0.2) is 34.1 Å². The van der Waals surface area contributed by atoms with Crippen molar-refractivity contribution >= 4 is 37.4 Å². The molecular formula is C22H26ClNO6S2. The average Bonchev–Trinajstić information content (AvgIpc) is 2.68. The summed E-state index contributed by atoms with van der Waals surface area (Å²) in [5.74, 6) is -0.0675. The van der Waals surface area contributed by atoms with E-state index in [4.69, 9.17) is 16.3 Å². The number of aryl methyl sites for hydroxylation is 4. The van der Waals surface area contributed by atoms with Crippen molar-refractivity contribution in [3.63, 3.8) is 0 Å². The maximum atomic E-state index is 12.8. The molecule has 0 aromatic heterocycles. The number of benzene rings is 2. The van der Waals surface area contributed by atoms with Crippen molar-refractivity contribution in [1.29, 1.82) is 0 Å². The highest BCUT2D eigenvalue weighted by molar-refractivity contribution is 7.92. The molecule has 2 aromatic rings. The van der Waals surface area contributed by atoms with E-state index in [9.17, 15) is 21.6 Å². The van der Waals surface area contributed by atoms with E-state index in [1.807, 2.05) is 18.6 Å². The van der Waals surface area contributed by atoms with E-state index in [0.29, 0.717) is 41.2 Å². The quantitative estimate of drug-likeness (QED) is 0.583. The van der Waals surface area contributed by atoms with Crippen LogP contribution in [-0.2, 0) is 31.1 Å². The van der Waals surface area contributed by atoms with Crippen molar-refractivity contribution in [3.8, 4) is 5.75 Å². The molecule has 0 saturated heterocycles. The summed E-state index contributed by atoms with van der Waals surface area (Å²) in [4.78, 5) is 12.1. The topological polar surface area (TPSA) is 107 Å². The Hall–Kier alpha value is -2.10. The molecule has 0 aliphatic carbocycles. The second kappa shape index (κ2) is 9.41. The number of rotatable bonds is 7. The van der Waals surface area contributed by atoms with Gasteiger partial charge in [0.2, 0.25) is 5.91 Å². The van der Waals surface area contributed by atoms with Crippen LogP contribution < -0.4 is 9.46 Å². The Labute approximate surface area is 194 Å². The van der Waals surface area contributed by atoms with Crippen molar-refractivity contribution in [2.24, 2.45) is 0 Å². The van der Waals surface area contributed by atoms with Gasteiger partial charge < -0.3 is 4.74 Å². The number of hydrogen-bond acceptors (Lipinski definition) is 6. The molecule has 3 rings (SSSR count). The van der Waals surface area contributed by atoms with Crippen LogP contribution in [0.3, 0.4) is 0 Å². The number of sulfonamides is 1. The van der Waals surface area contributed by atoms with Crippen LogP contribution in [0, 0.1) is 20.8 Å². The summed E-state index contributed by atoms with van der Waals surface area (Å²) in [5.41, 5.74) is 2.78. The van der Waals surface area contributed by atoms with Crippen molar-refractivity contribution in [1.82, 2.24) is 4.72 Å². The molecule has 0 radical (unpaired) electrons. The first kappa shape index (κ1) is 24.5. The second-order valence-electron chi connectivity index (χ2n) is 8.00. The van der Waals surface area contributed by atoms with E-state index in [1.165, 1.54) is 6.07 Å². The number of sulfone groups is 1. The fourth-order valence-corrected chi connectivity index (χ4v) is 6.79. The van der Waals surface area contributed by atoms with Gasteiger partial charge in [0.15, 0.2) is 9.84 Å². The van der Waals surface area contributed by atoms with Gasteiger partial charge in [0.05, 0.1) is 22.2 Å². The predicted molar refractivity (Wildman–Crippen MR) is 123 cm³/mol. The van der Waals surface area contributed by atoms with E-state index >= 15 is 0 Å². The summed E-state index contributed by atoms with van der Waals surface area (Å²) in [5, 5.41) is 0.673. The van der Waals surface area contributed by atoms with E-state index in [0.717, 1.165) is 11.1 Å². The Bertz CT molecular complexity index is 1250. The molecule has 1 aliphatic rings. The molecule has 10 heteroatoms. The third-order valence-corrected chi connectivity index (χ3v) is 9.30. The molecule has 1 amide bonds. The summed E-state index contributed by atoms with van der Waals surface area (Å²) in [7, 11) is -7.72. The molecular weight excluding hydrogens is 474 g/mol. The predicted octanol–water partition coefficient (Wildman–Crippen LogP) is 3.65. The molecule has 0 unspecified atom stereocenters. The lowest BCUT2D eigenvalue weighted by Crippen LogP contribution is -2.31. The summed E-state index contributed by atoms with van der Waals surface area (Å²) in [6, 6.07) is 6.34. The van der Waals surface area contributed by atoms with Gasteiger partial charge >= 0.3 is 0 Å². The molecule has 7 nitrogen and oxygen atoms in total. The molecule has 174 valence electrons. The highest BCUT2D eigenvalue weighted by atomic mass is 35.5. The molecule has 0 fully saturated rings. The molecule has 0 spiro atoms. The number of carbonyl (C=O) groups excluding carboxylic acids is 1. The molecule has 0 saturated carbocycles. The van der Waals surface area contributed by atoms with Crippen LogP contribution in [-0.4, -0.2) is 35.1 Å². The van der Waals surface area contributed by atoms with E-state index < -0.39 is 25.8 Å². The lowest BCUT2D eigenvalue weighted by atomic mass is 10.1. The molecule has 1 heterocycles. The highest BCUT2D eigenvalue weighted by Gasteiger charge is 2.28. The first-order valence-electron chi connectivity index (χ1n) is 10.2. The first-order valence-corrected chi connectivity index (χ1v) is 13.7. The fourth-order valence-electron chi connectivity index (χ4n) is 3.73. The number of nitrogens with one attached hydrogen (secondary N) is 1. The van der Waals surface area contributed by atoms with Gasteiger partial charge in [-0.2, -0.15) is 0 Å². The second-order valence-corrected chi connectivity index (χ2v) is 12.1. The lowest BCUT2D eigenvalue weighted by Gasteiger charge is -2.19. The number of amides is 1. The van der Waals surface area contributed by atoms with Crippen LogP contribution in [0.25, 0.3) is 0 Å². The Morgan fingerprint density at radius 2 is 1.75 bits per heavy atom. The minimum atomic E-state index is -4.20. The van der Waals surface area contributed by atoms with Gasteiger partial charge in [-0.3, -0.25) is 4.79 Å². The zero-order valence-corrected chi connectivity index (χ0v) is 20.6. The third kappa shape index (κ3) is 5.44. The van der Waals surface area contributed by atoms with Crippen molar-refractivity contribution in [3.05, 3.63) is 51.5 Å². The number of carbonyl (C=O) groups is 1. The molecule has 32 heavy (non-hydrogen) atoms. The van der Waals surface area contributed by atoms with E-state index in [-0.39, 0.29) is 28.6 Å². The zero-order valence-electron chi connectivity index (χ0n) is 18.2. The maximum absolute atomic E-state index is 12.8. The SMILES string of the molecule is Cc1cc2c(cc1S(=O)(=O)NC(=O)CCCOc1cc(C)c(Cl)c(C)c1)S(=O)(=O)CCC2. The van der Waals surface area contributed by atoms with Crippen LogP contribution in [0.5, 0.6) is 5.75 Å². The first-order chi connectivity index (χ1) is 14.9. The van der Waals surface area contributed by atoms with Gasteiger partial charge in [-0.05, 0) is 80.5 Å². The number of fused-ring (bicyclic) bond motifs is 1. The number of halogens is 1. The standard InChI is InChI=1S/C22H26ClNO6S2/c1-14-10-17-6-5-9-31(26,27)20(17)13-19(14)32(28,29)24-21(25)7-4-8-30-18-11-15(2)22(23)16(3)12-18/h10-13H,4-9H2,1-3H3,(H,24,25). The molecule has 1 N–H and O–H groups in total. The largest absolute Gasteiger partial charge is 0.494 e. The third-order valence-electron chi connectivity index (χ3n) is 5.32. The van der Waals surface area contributed by atoms with Crippen LogP contribution in [0.2, 0.25) is 5.02 Å². The zero-order chi connectivity index (χ0) is 23.7. The van der Waals surface area contributed by atoms with Gasteiger partial charge in [-0.25, -0.2) is 21.6 Å². The van der Waals surface area contributed by atoms with Crippen molar-refractivity contribution in [2.75, 3.05) is 12.4 Å².